The van der Waals surface area contributed by atoms with Gasteiger partial charge in [-0.25, -0.2) is 0 Å². The molecule has 1 aliphatic heterocycles. The summed E-state index contributed by atoms with van der Waals surface area (Å²) < 4.78 is 39.3. The Morgan fingerprint density at radius 1 is 1.03 bits per heavy atom. The van der Waals surface area contributed by atoms with Crippen molar-refractivity contribution in [1.29, 1.82) is 0 Å². The normalized spacial score (nSPS) is 15.4. The van der Waals surface area contributed by atoms with Gasteiger partial charge >= 0.3 is 6.18 Å². The number of halogens is 4. The van der Waals surface area contributed by atoms with Crippen LogP contribution in [-0.4, -0.2) is 51.7 Å². The fraction of sp³-hybridized carbons (Fsp3) is 0.333. The molecule has 0 unspecified atom stereocenters. The second kappa shape index (κ2) is 9.02. The van der Waals surface area contributed by atoms with Crippen LogP contribution in [0.25, 0.3) is 0 Å². The number of piperazine rings is 1. The van der Waals surface area contributed by atoms with Gasteiger partial charge in [0.25, 0.3) is 5.91 Å². The van der Waals surface area contributed by atoms with E-state index in [2.05, 4.69) is 10.00 Å². The Kier molecular flexibility index (Phi) is 6.36. The molecule has 0 spiro atoms. The Morgan fingerprint density at radius 3 is 2.39 bits per heavy atom. The van der Waals surface area contributed by atoms with E-state index in [0.29, 0.717) is 23.0 Å². The third-order valence-corrected chi connectivity index (χ3v) is 6.34. The van der Waals surface area contributed by atoms with E-state index in [1.165, 1.54) is 27.8 Å². The third-order valence-electron chi connectivity index (χ3n) is 5.12. The van der Waals surface area contributed by atoms with E-state index in [1.807, 2.05) is 29.2 Å². The summed E-state index contributed by atoms with van der Waals surface area (Å²) in [6.45, 7) is 3.82. The highest BCUT2D eigenvalue weighted by Gasteiger charge is 2.33. The van der Waals surface area contributed by atoms with Gasteiger partial charge < -0.3 is 4.90 Å². The zero-order chi connectivity index (χ0) is 22.0. The first kappa shape index (κ1) is 21.9. The molecule has 0 bridgehead atoms. The van der Waals surface area contributed by atoms with E-state index < -0.39 is 11.9 Å². The van der Waals surface area contributed by atoms with E-state index in [1.54, 1.807) is 11.4 Å². The van der Waals surface area contributed by atoms with Crippen molar-refractivity contribution in [2.24, 2.45) is 0 Å². The van der Waals surface area contributed by atoms with Crippen molar-refractivity contribution in [2.45, 2.75) is 19.3 Å². The first-order valence-corrected chi connectivity index (χ1v) is 11.0. The van der Waals surface area contributed by atoms with Gasteiger partial charge in [-0.05, 0) is 40.8 Å². The van der Waals surface area contributed by atoms with Crippen molar-refractivity contribution >= 4 is 28.8 Å². The van der Waals surface area contributed by atoms with Gasteiger partial charge in [-0.2, -0.15) is 18.3 Å². The molecule has 5 nitrogen and oxygen atoms in total. The van der Waals surface area contributed by atoms with Gasteiger partial charge in [0.1, 0.15) is 0 Å². The molecule has 3 aromatic rings. The minimum atomic E-state index is -4.46. The topological polar surface area (TPSA) is 41.4 Å². The number of hydrogen-bond donors (Lipinski definition) is 0. The van der Waals surface area contributed by atoms with Gasteiger partial charge in [0.05, 0.1) is 11.4 Å². The van der Waals surface area contributed by atoms with Crippen molar-refractivity contribution < 1.29 is 18.0 Å². The number of hydrogen-bond acceptors (Lipinski definition) is 4. The van der Waals surface area contributed by atoms with Gasteiger partial charge in [0, 0.05) is 43.9 Å². The zero-order valence-electron chi connectivity index (χ0n) is 16.5. The second-order valence-corrected chi connectivity index (χ2v) is 8.76. The number of aromatic nitrogens is 2. The average molecular weight is 469 g/mol. The standard InChI is InChI=1S/C21H20ClF3N4OS/c22-17-3-1-15(2-4-17)12-27-7-9-28(10-8-27)20(30)18-11-16(14-31-18)13-29-6-5-19(26-29)21(23,24)25/h1-6,11,14H,7-10,12-13H2. The molecule has 31 heavy (non-hydrogen) atoms. The van der Waals surface area contributed by atoms with Crippen LogP contribution in [-0.2, 0) is 19.3 Å². The van der Waals surface area contributed by atoms with Crippen molar-refractivity contribution in [1.82, 2.24) is 19.6 Å². The Bertz CT molecular complexity index is 1040. The number of rotatable bonds is 5. The summed E-state index contributed by atoms with van der Waals surface area (Å²) in [5, 5.41) is 6.06. The van der Waals surface area contributed by atoms with Crippen molar-refractivity contribution in [2.75, 3.05) is 26.2 Å². The smallest absolute Gasteiger partial charge is 0.335 e. The lowest BCUT2D eigenvalue weighted by Crippen LogP contribution is -2.48. The maximum absolute atomic E-state index is 12.8. The molecular weight excluding hydrogens is 449 g/mol. The fourth-order valence-corrected chi connectivity index (χ4v) is 4.47. The van der Waals surface area contributed by atoms with Crippen molar-refractivity contribution in [3.05, 3.63) is 74.7 Å². The summed E-state index contributed by atoms with van der Waals surface area (Å²) in [4.78, 5) is 17.5. The highest BCUT2D eigenvalue weighted by atomic mass is 35.5. The van der Waals surface area contributed by atoms with Gasteiger partial charge in [-0.3, -0.25) is 14.4 Å². The summed E-state index contributed by atoms with van der Waals surface area (Å²) in [5.41, 5.74) is 1.02. The minimum Gasteiger partial charge on any atom is -0.335 e. The van der Waals surface area contributed by atoms with Crippen LogP contribution >= 0.6 is 22.9 Å². The van der Waals surface area contributed by atoms with Crippen molar-refractivity contribution in [3.8, 4) is 0 Å². The quantitative estimate of drug-likeness (QED) is 0.548. The lowest BCUT2D eigenvalue weighted by atomic mass is 10.2. The molecule has 1 aliphatic rings. The summed E-state index contributed by atoms with van der Waals surface area (Å²) in [5.74, 6) is -0.0427. The highest BCUT2D eigenvalue weighted by molar-refractivity contribution is 7.12. The van der Waals surface area contributed by atoms with E-state index >= 15 is 0 Å². The molecule has 0 saturated carbocycles. The average Bonchev–Trinajstić information content (AvgIpc) is 3.40. The number of nitrogens with zero attached hydrogens (tertiary/aromatic N) is 4. The van der Waals surface area contributed by atoms with Crippen LogP contribution in [0.3, 0.4) is 0 Å². The molecular formula is C21H20ClF3N4OS. The van der Waals surface area contributed by atoms with Gasteiger partial charge in [0.15, 0.2) is 5.69 Å². The predicted octanol–water partition coefficient (Wildman–Crippen LogP) is 4.62. The van der Waals surface area contributed by atoms with E-state index in [4.69, 9.17) is 11.6 Å². The highest BCUT2D eigenvalue weighted by Crippen LogP contribution is 2.27. The largest absolute Gasteiger partial charge is 0.435 e. The summed E-state index contributed by atoms with van der Waals surface area (Å²) in [6, 6.07) is 10.4. The Labute approximate surface area is 186 Å². The summed E-state index contributed by atoms with van der Waals surface area (Å²) >= 11 is 7.23. The minimum absolute atomic E-state index is 0.0427. The molecule has 2 aromatic heterocycles. The first-order chi connectivity index (χ1) is 14.8. The monoisotopic (exact) mass is 468 g/mol. The van der Waals surface area contributed by atoms with E-state index in [0.717, 1.165) is 31.3 Å². The Balaban J connectivity index is 1.31. The van der Waals surface area contributed by atoms with Crippen LogP contribution in [0.15, 0.2) is 48.0 Å². The van der Waals surface area contributed by atoms with Gasteiger partial charge in [-0.1, -0.05) is 23.7 Å². The van der Waals surface area contributed by atoms with Crippen LogP contribution in [0.5, 0.6) is 0 Å². The molecule has 0 aliphatic carbocycles. The molecule has 164 valence electrons. The van der Waals surface area contributed by atoms with Crippen LogP contribution in [0.4, 0.5) is 13.2 Å². The molecule has 3 heterocycles. The Hall–Kier alpha value is -2.36. The number of thiophene rings is 1. The summed E-state index contributed by atoms with van der Waals surface area (Å²) in [6.07, 6.45) is -3.17. The van der Waals surface area contributed by atoms with Crippen LogP contribution in [0, 0.1) is 0 Å². The first-order valence-electron chi connectivity index (χ1n) is 9.72. The molecule has 0 N–H and O–H groups in total. The molecule has 1 fully saturated rings. The second-order valence-electron chi connectivity index (χ2n) is 7.41. The van der Waals surface area contributed by atoms with Gasteiger partial charge in [-0.15, -0.1) is 11.3 Å². The molecule has 10 heteroatoms. The van der Waals surface area contributed by atoms with E-state index in [9.17, 15) is 18.0 Å². The summed E-state index contributed by atoms with van der Waals surface area (Å²) in [7, 11) is 0. The number of amides is 1. The number of carbonyl (C=O) groups excluding carboxylic acids is 1. The molecule has 1 amide bonds. The number of benzene rings is 1. The number of alkyl halides is 3. The molecule has 0 atom stereocenters. The Morgan fingerprint density at radius 2 is 1.74 bits per heavy atom. The van der Waals surface area contributed by atoms with Crippen molar-refractivity contribution in [3.63, 3.8) is 0 Å². The third kappa shape index (κ3) is 5.47. The van der Waals surface area contributed by atoms with Crippen LogP contribution in [0.2, 0.25) is 5.02 Å². The maximum Gasteiger partial charge on any atom is 0.435 e. The lowest BCUT2D eigenvalue weighted by molar-refractivity contribution is -0.141. The molecule has 1 aromatic carbocycles. The SMILES string of the molecule is O=C(c1cc(Cn2ccc(C(F)(F)F)n2)cs1)N1CCN(Cc2ccc(Cl)cc2)CC1. The number of carbonyl (C=O) groups is 1. The molecule has 0 radical (unpaired) electrons. The zero-order valence-corrected chi connectivity index (χ0v) is 18.1. The molecule has 1 saturated heterocycles. The maximum atomic E-state index is 12.8. The molecule has 4 rings (SSSR count). The van der Waals surface area contributed by atoms with E-state index in [-0.39, 0.29) is 12.5 Å². The van der Waals surface area contributed by atoms with Crippen LogP contribution < -0.4 is 0 Å². The van der Waals surface area contributed by atoms with Gasteiger partial charge in [0.2, 0.25) is 0 Å². The predicted molar refractivity (Wildman–Crippen MR) is 113 cm³/mol. The lowest BCUT2D eigenvalue weighted by Gasteiger charge is -2.34. The van der Waals surface area contributed by atoms with Crippen LogP contribution in [0.1, 0.15) is 26.5 Å². The fourth-order valence-electron chi connectivity index (χ4n) is 3.47.